The summed E-state index contributed by atoms with van der Waals surface area (Å²) in [5, 5.41) is 1.17. The van der Waals surface area contributed by atoms with E-state index in [1.165, 1.54) is 10.9 Å². The van der Waals surface area contributed by atoms with Crippen LogP contribution in [-0.2, 0) is 6.54 Å². The molecule has 4 rings (SSSR count). The molecule has 1 aliphatic rings. The Kier molecular flexibility index (Phi) is 5.55. The lowest BCUT2D eigenvalue weighted by molar-refractivity contribution is 0.0809. The van der Waals surface area contributed by atoms with Crippen LogP contribution in [0.3, 0.4) is 0 Å². The molecule has 0 saturated carbocycles. The van der Waals surface area contributed by atoms with Gasteiger partial charge in [0.05, 0.1) is 5.52 Å². The minimum atomic E-state index is 0.0787. The molecule has 0 radical (unpaired) electrons. The van der Waals surface area contributed by atoms with Crippen LogP contribution >= 0.6 is 11.8 Å². The van der Waals surface area contributed by atoms with Crippen LogP contribution in [-0.4, -0.2) is 35.0 Å². The van der Waals surface area contributed by atoms with Gasteiger partial charge in [-0.3, -0.25) is 14.7 Å². The van der Waals surface area contributed by atoms with Crippen LogP contribution in [0.4, 0.5) is 0 Å². The smallest absolute Gasteiger partial charge is 0.168 e. The molecular formula is C23H24N2OS. The van der Waals surface area contributed by atoms with E-state index in [1.807, 2.05) is 42.8 Å². The summed E-state index contributed by atoms with van der Waals surface area (Å²) in [5.74, 6) is 0.371. The molecule has 27 heavy (non-hydrogen) atoms. The van der Waals surface area contributed by atoms with Gasteiger partial charge in [0.2, 0.25) is 0 Å². The molecule has 3 nitrogen and oxygen atoms in total. The van der Waals surface area contributed by atoms with E-state index in [1.54, 1.807) is 11.8 Å². The number of benzene rings is 2. The third-order valence-corrected chi connectivity index (χ3v) is 6.15. The number of nitrogens with zero attached hydrogens (tertiary/aromatic N) is 2. The number of likely N-dealkylation sites (tertiary alicyclic amines) is 1. The number of thioether (sulfide) groups is 1. The number of ketones is 1. The van der Waals surface area contributed by atoms with E-state index in [0.29, 0.717) is 5.78 Å². The molecule has 0 spiro atoms. The van der Waals surface area contributed by atoms with Gasteiger partial charge in [-0.25, -0.2) is 0 Å². The predicted molar refractivity (Wildman–Crippen MR) is 112 cm³/mol. The number of hydrogen-bond donors (Lipinski definition) is 0. The lowest BCUT2D eigenvalue weighted by Crippen LogP contribution is -2.38. The molecule has 1 aliphatic heterocycles. The maximum Gasteiger partial charge on any atom is 0.168 e. The van der Waals surface area contributed by atoms with Crippen molar-refractivity contribution in [1.29, 1.82) is 0 Å². The van der Waals surface area contributed by atoms with Crippen molar-refractivity contribution in [1.82, 2.24) is 9.88 Å². The van der Waals surface area contributed by atoms with E-state index in [-0.39, 0.29) is 5.92 Å². The van der Waals surface area contributed by atoms with Crippen molar-refractivity contribution in [2.24, 2.45) is 5.92 Å². The number of aromatic nitrogens is 1. The van der Waals surface area contributed by atoms with Gasteiger partial charge in [0, 0.05) is 41.0 Å². The number of piperidine rings is 1. The van der Waals surface area contributed by atoms with E-state index >= 15 is 0 Å². The van der Waals surface area contributed by atoms with Gasteiger partial charge in [-0.2, -0.15) is 0 Å². The normalized spacial score (nSPS) is 17.9. The summed E-state index contributed by atoms with van der Waals surface area (Å²) in [5.41, 5.74) is 3.19. The standard InChI is InChI=1S/C23H24N2OS/c1-27-21-12-3-2-11-20(21)23(26)19-10-6-14-25(16-19)15-18-8-4-7-17-9-5-13-24-22(17)18/h2-5,7-9,11-13,19H,6,10,14-16H2,1H3/t19-/m0/s1. The summed E-state index contributed by atoms with van der Waals surface area (Å²) < 4.78 is 0. The molecule has 1 fully saturated rings. The van der Waals surface area contributed by atoms with Gasteiger partial charge in [-0.05, 0) is 43.3 Å². The molecule has 0 bridgehead atoms. The van der Waals surface area contributed by atoms with E-state index in [0.717, 1.165) is 48.5 Å². The molecule has 2 aromatic carbocycles. The summed E-state index contributed by atoms with van der Waals surface area (Å²) in [4.78, 5) is 21.2. The topological polar surface area (TPSA) is 33.2 Å². The first-order valence-electron chi connectivity index (χ1n) is 9.48. The van der Waals surface area contributed by atoms with Crippen LogP contribution in [0.5, 0.6) is 0 Å². The van der Waals surface area contributed by atoms with Gasteiger partial charge >= 0.3 is 0 Å². The second-order valence-corrected chi connectivity index (χ2v) is 7.98. The molecule has 1 saturated heterocycles. The number of pyridine rings is 1. The molecule has 138 valence electrons. The molecule has 2 heterocycles. The average molecular weight is 377 g/mol. The van der Waals surface area contributed by atoms with E-state index in [2.05, 4.69) is 34.1 Å². The second kappa shape index (κ2) is 8.24. The Labute approximate surface area is 164 Å². The molecule has 1 atom stereocenters. The molecule has 0 amide bonds. The lowest BCUT2D eigenvalue weighted by atomic mass is 9.89. The van der Waals surface area contributed by atoms with Gasteiger partial charge < -0.3 is 0 Å². The Balaban J connectivity index is 1.52. The van der Waals surface area contributed by atoms with Crippen LogP contribution in [0.2, 0.25) is 0 Å². The number of Topliss-reactive ketones (excluding diaryl/α,β-unsaturated/α-hetero) is 1. The monoisotopic (exact) mass is 376 g/mol. The average Bonchev–Trinajstić information content (AvgIpc) is 2.73. The van der Waals surface area contributed by atoms with Crippen molar-refractivity contribution in [3.8, 4) is 0 Å². The highest BCUT2D eigenvalue weighted by Crippen LogP contribution is 2.28. The van der Waals surface area contributed by atoms with E-state index in [4.69, 9.17) is 0 Å². The summed E-state index contributed by atoms with van der Waals surface area (Å²) in [6.45, 7) is 2.71. The third kappa shape index (κ3) is 3.92. The molecule has 0 aliphatic carbocycles. The molecule has 3 aromatic rings. The zero-order valence-corrected chi connectivity index (χ0v) is 16.4. The highest BCUT2D eigenvalue weighted by Gasteiger charge is 2.28. The largest absolute Gasteiger partial charge is 0.298 e. The molecule has 4 heteroatoms. The van der Waals surface area contributed by atoms with Crippen LogP contribution in [0.15, 0.2) is 65.7 Å². The number of carbonyl (C=O) groups is 1. The number of rotatable bonds is 5. The minimum Gasteiger partial charge on any atom is -0.298 e. The van der Waals surface area contributed by atoms with Crippen molar-refractivity contribution < 1.29 is 4.79 Å². The fourth-order valence-corrected chi connectivity index (χ4v) is 4.62. The summed E-state index contributed by atoms with van der Waals surface area (Å²) >= 11 is 1.65. The Morgan fingerprint density at radius 2 is 2.00 bits per heavy atom. The van der Waals surface area contributed by atoms with Gasteiger partial charge in [0.25, 0.3) is 0 Å². The summed E-state index contributed by atoms with van der Waals surface area (Å²) in [6.07, 6.45) is 5.93. The quantitative estimate of drug-likeness (QED) is 0.461. The fourth-order valence-electron chi connectivity index (χ4n) is 4.02. The first-order valence-corrected chi connectivity index (χ1v) is 10.7. The van der Waals surface area contributed by atoms with Crippen LogP contribution in [0, 0.1) is 5.92 Å². The fraction of sp³-hybridized carbons (Fsp3) is 0.304. The Hall–Kier alpha value is -2.17. The van der Waals surface area contributed by atoms with Crippen molar-refractivity contribution >= 4 is 28.4 Å². The van der Waals surface area contributed by atoms with Gasteiger partial charge in [-0.1, -0.05) is 42.5 Å². The molecular weight excluding hydrogens is 352 g/mol. The summed E-state index contributed by atoms with van der Waals surface area (Å²) in [6, 6.07) is 18.4. The molecule has 1 aromatic heterocycles. The zero-order valence-electron chi connectivity index (χ0n) is 15.6. The highest BCUT2D eigenvalue weighted by atomic mass is 32.2. The first kappa shape index (κ1) is 18.2. The van der Waals surface area contributed by atoms with Gasteiger partial charge in [-0.15, -0.1) is 11.8 Å². The minimum absolute atomic E-state index is 0.0787. The van der Waals surface area contributed by atoms with E-state index in [9.17, 15) is 4.79 Å². The van der Waals surface area contributed by atoms with Crippen LogP contribution < -0.4 is 0 Å². The second-order valence-electron chi connectivity index (χ2n) is 7.13. The van der Waals surface area contributed by atoms with Crippen molar-refractivity contribution in [2.75, 3.05) is 19.3 Å². The Morgan fingerprint density at radius 1 is 1.15 bits per heavy atom. The number of carbonyl (C=O) groups excluding carboxylic acids is 1. The van der Waals surface area contributed by atoms with Crippen LogP contribution in [0.1, 0.15) is 28.8 Å². The van der Waals surface area contributed by atoms with Crippen molar-refractivity contribution in [3.63, 3.8) is 0 Å². The maximum atomic E-state index is 13.1. The van der Waals surface area contributed by atoms with Crippen molar-refractivity contribution in [3.05, 3.63) is 71.9 Å². The van der Waals surface area contributed by atoms with Gasteiger partial charge in [0.15, 0.2) is 5.78 Å². The Bertz CT molecular complexity index is 951. The number of fused-ring (bicyclic) bond motifs is 1. The third-order valence-electron chi connectivity index (χ3n) is 5.36. The predicted octanol–water partition coefficient (Wildman–Crippen LogP) is 5.05. The maximum absolute atomic E-state index is 13.1. The SMILES string of the molecule is CSc1ccccc1C(=O)[C@H]1CCCN(Cc2cccc3cccnc23)C1. The molecule has 0 N–H and O–H groups in total. The first-order chi connectivity index (χ1) is 13.3. The Morgan fingerprint density at radius 3 is 2.89 bits per heavy atom. The highest BCUT2D eigenvalue weighted by molar-refractivity contribution is 7.98. The molecule has 0 unspecified atom stereocenters. The zero-order chi connectivity index (χ0) is 18.6. The summed E-state index contributed by atoms with van der Waals surface area (Å²) in [7, 11) is 0. The van der Waals surface area contributed by atoms with Crippen LogP contribution in [0.25, 0.3) is 10.9 Å². The lowest BCUT2D eigenvalue weighted by Gasteiger charge is -2.32. The van der Waals surface area contributed by atoms with E-state index < -0.39 is 0 Å². The number of para-hydroxylation sites is 1. The number of hydrogen-bond acceptors (Lipinski definition) is 4. The van der Waals surface area contributed by atoms with Crippen molar-refractivity contribution in [2.45, 2.75) is 24.3 Å². The van der Waals surface area contributed by atoms with Gasteiger partial charge in [0.1, 0.15) is 0 Å².